The number of nitrogens with zero attached hydrogens (tertiary/aromatic N) is 2. The fraction of sp³-hybridized carbons (Fsp3) is 0.125. The van der Waals surface area contributed by atoms with E-state index in [2.05, 4.69) is 10.2 Å². The Bertz CT molecular complexity index is 1120. The van der Waals surface area contributed by atoms with E-state index in [1.54, 1.807) is 19.1 Å². The molecular formula is C24H19FN2O3. The molecular weight excluding hydrogens is 383 g/mol. The number of carbonyl (C=O) groups is 1. The van der Waals surface area contributed by atoms with Crippen molar-refractivity contribution in [1.29, 1.82) is 0 Å². The van der Waals surface area contributed by atoms with E-state index in [9.17, 15) is 9.18 Å². The molecule has 0 saturated carbocycles. The summed E-state index contributed by atoms with van der Waals surface area (Å²) in [5.74, 6) is -0.319. The quantitative estimate of drug-likeness (QED) is 0.405. The van der Waals surface area contributed by atoms with E-state index in [1.165, 1.54) is 12.1 Å². The lowest BCUT2D eigenvalue weighted by atomic mass is 10.0. The number of esters is 1. The summed E-state index contributed by atoms with van der Waals surface area (Å²) in [4.78, 5) is 12.3. The van der Waals surface area contributed by atoms with Crippen LogP contribution in [-0.4, -0.2) is 16.2 Å². The van der Waals surface area contributed by atoms with Crippen LogP contribution >= 0.6 is 0 Å². The minimum absolute atomic E-state index is 0.137. The summed E-state index contributed by atoms with van der Waals surface area (Å²) in [7, 11) is 0. The molecule has 0 N–H and O–H groups in total. The molecule has 4 rings (SSSR count). The molecule has 0 amide bonds. The second-order valence-electron chi connectivity index (χ2n) is 6.82. The molecule has 3 aromatic carbocycles. The fourth-order valence-electron chi connectivity index (χ4n) is 3.01. The predicted octanol–water partition coefficient (Wildman–Crippen LogP) is 5.39. The second kappa shape index (κ2) is 8.69. The van der Waals surface area contributed by atoms with Gasteiger partial charge in [-0.05, 0) is 47.9 Å². The standard InChI is InChI=1S/C24H19FN2O3/c1-16(23-26-27-24(30-23)20-11-13-21(25)14-12-20)29-22(28)15-17-7-9-19(10-8-17)18-5-3-2-4-6-18/h2-14,16H,15H2,1H3/t16-/m1/s1. The highest BCUT2D eigenvalue weighted by Gasteiger charge is 2.19. The van der Waals surface area contributed by atoms with Gasteiger partial charge in [0.1, 0.15) is 5.82 Å². The van der Waals surface area contributed by atoms with Crippen LogP contribution in [0.3, 0.4) is 0 Å². The van der Waals surface area contributed by atoms with Gasteiger partial charge in [-0.15, -0.1) is 10.2 Å². The normalized spacial score (nSPS) is 11.8. The van der Waals surface area contributed by atoms with Crippen LogP contribution in [0.25, 0.3) is 22.6 Å². The first-order chi connectivity index (χ1) is 14.6. The SMILES string of the molecule is C[C@@H](OC(=O)Cc1ccc(-c2ccccc2)cc1)c1nnc(-c2ccc(F)cc2)o1. The number of halogens is 1. The van der Waals surface area contributed by atoms with Gasteiger partial charge in [0.15, 0.2) is 6.10 Å². The maximum absolute atomic E-state index is 13.0. The van der Waals surface area contributed by atoms with E-state index in [4.69, 9.17) is 9.15 Å². The largest absolute Gasteiger partial charge is 0.452 e. The molecule has 0 spiro atoms. The van der Waals surface area contributed by atoms with Crippen molar-refractivity contribution in [3.8, 4) is 22.6 Å². The molecule has 4 aromatic rings. The number of ether oxygens (including phenoxy) is 1. The molecule has 1 heterocycles. The summed E-state index contributed by atoms with van der Waals surface area (Å²) in [5, 5.41) is 7.87. The molecule has 0 fully saturated rings. The van der Waals surface area contributed by atoms with E-state index < -0.39 is 12.1 Å². The maximum Gasteiger partial charge on any atom is 0.311 e. The molecule has 0 unspecified atom stereocenters. The van der Waals surface area contributed by atoms with Gasteiger partial charge < -0.3 is 9.15 Å². The van der Waals surface area contributed by atoms with Crippen LogP contribution in [0.4, 0.5) is 4.39 Å². The summed E-state index contributed by atoms with van der Waals surface area (Å²) < 4.78 is 24.0. The van der Waals surface area contributed by atoms with Gasteiger partial charge in [-0.3, -0.25) is 4.79 Å². The van der Waals surface area contributed by atoms with Crippen LogP contribution in [0.1, 0.15) is 24.5 Å². The van der Waals surface area contributed by atoms with Crippen LogP contribution in [0.15, 0.2) is 83.3 Å². The minimum Gasteiger partial charge on any atom is -0.452 e. The molecule has 6 heteroatoms. The third-order valence-electron chi connectivity index (χ3n) is 4.60. The summed E-state index contributed by atoms with van der Waals surface area (Å²) >= 11 is 0. The number of hydrogen-bond acceptors (Lipinski definition) is 5. The zero-order valence-corrected chi connectivity index (χ0v) is 16.3. The molecule has 1 aromatic heterocycles. The van der Waals surface area contributed by atoms with E-state index in [0.717, 1.165) is 16.7 Å². The molecule has 30 heavy (non-hydrogen) atoms. The van der Waals surface area contributed by atoms with Crippen molar-refractivity contribution in [2.75, 3.05) is 0 Å². The van der Waals surface area contributed by atoms with Gasteiger partial charge >= 0.3 is 5.97 Å². The Morgan fingerprint density at radius 1 is 0.900 bits per heavy atom. The Balaban J connectivity index is 1.36. The van der Waals surface area contributed by atoms with E-state index in [0.29, 0.717) is 5.56 Å². The highest BCUT2D eigenvalue weighted by Crippen LogP contribution is 2.23. The van der Waals surface area contributed by atoms with E-state index in [1.807, 2.05) is 54.6 Å². The Kier molecular flexibility index (Phi) is 5.66. The van der Waals surface area contributed by atoms with Gasteiger partial charge in [-0.2, -0.15) is 0 Å². The summed E-state index contributed by atoms with van der Waals surface area (Å²) in [5.41, 5.74) is 3.64. The van der Waals surface area contributed by atoms with Crippen LogP contribution < -0.4 is 0 Å². The average Bonchev–Trinajstić information content (AvgIpc) is 3.26. The van der Waals surface area contributed by atoms with Gasteiger partial charge in [0, 0.05) is 5.56 Å². The molecule has 0 aliphatic rings. The molecule has 0 bridgehead atoms. The first-order valence-corrected chi connectivity index (χ1v) is 9.51. The van der Waals surface area contributed by atoms with E-state index >= 15 is 0 Å². The maximum atomic E-state index is 13.0. The zero-order chi connectivity index (χ0) is 20.9. The number of hydrogen-bond donors (Lipinski definition) is 0. The lowest BCUT2D eigenvalue weighted by Gasteiger charge is -2.10. The number of rotatable bonds is 6. The summed E-state index contributed by atoms with van der Waals surface area (Å²) in [6.45, 7) is 1.67. The zero-order valence-electron chi connectivity index (χ0n) is 16.3. The smallest absolute Gasteiger partial charge is 0.311 e. The van der Waals surface area contributed by atoms with Gasteiger partial charge in [-0.1, -0.05) is 54.6 Å². The minimum atomic E-state index is -0.692. The molecule has 5 nitrogen and oxygen atoms in total. The molecule has 0 aliphatic heterocycles. The fourth-order valence-corrected chi connectivity index (χ4v) is 3.01. The van der Waals surface area contributed by atoms with Crippen molar-refractivity contribution in [1.82, 2.24) is 10.2 Å². The van der Waals surface area contributed by atoms with Gasteiger partial charge in [0.2, 0.25) is 5.89 Å². The van der Waals surface area contributed by atoms with Crippen LogP contribution in [0, 0.1) is 5.82 Å². The van der Waals surface area contributed by atoms with Crippen LogP contribution in [-0.2, 0) is 16.0 Å². The van der Waals surface area contributed by atoms with Crippen molar-refractivity contribution >= 4 is 5.97 Å². The molecule has 0 radical (unpaired) electrons. The summed E-state index contributed by atoms with van der Waals surface area (Å²) in [6.07, 6.45) is -0.555. The monoisotopic (exact) mass is 402 g/mol. The number of benzene rings is 3. The first-order valence-electron chi connectivity index (χ1n) is 9.51. The van der Waals surface area contributed by atoms with Crippen molar-refractivity contribution in [3.05, 3.63) is 96.1 Å². The van der Waals surface area contributed by atoms with Crippen molar-refractivity contribution in [2.24, 2.45) is 0 Å². The third kappa shape index (κ3) is 4.60. The molecule has 150 valence electrons. The molecule has 0 saturated heterocycles. The Morgan fingerprint density at radius 2 is 1.53 bits per heavy atom. The average molecular weight is 402 g/mol. The second-order valence-corrected chi connectivity index (χ2v) is 6.82. The lowest BCUT2D eigenvalue weighted by Crippen LogP contribution is -2.11. The van der Waals surface area contributed by atoms with Gasteiger partial charge in [0.25, 0.3) is 5.89 Å². The van der Waals surface area contributed by atoms with Crippen LogP contribution in [0.2, 0.25) is 0 Å². The third-order valence-corrected chi connectivity index (χ3v) is 4.60. The highest BCUT2D eigenvalue weighted by atomic mass is 19.1. The van der Waals surface area contributed by atoms with Crippen molar-refractivity contribution < 1.29 is 18.3 Å². The lowest BCUT2D eigenvalue weighted by molar-refractivity contribution is -0.148. The number of carbonyl (C=O) groups excluding carboxylic acids is 1. The Labute approximate surface area is 173 Å². The highest BCUT2D eigenvalue weighted by molar-refractivity contribution is 5.73. The van der Waals surface area contributed by atoms with Gasteiger partial charge in [0.05, 0.1) is 6.42 Å². The molecule has 0 aliphatic carbocycles. The number of aromatic nitrogens is 2. The van der Waals surface area contributed by atoms with E-state index in [-0.39, 0.29) is 24.0 Å². The molecule has 1 atom stereocenters. The first kappa shape index (κ1) is 19.5. The van der Waals surface area contributed by atoms with Crippen LogP contribution in [0.5, 0.6) is 0 Å². The topological polar surface area (TPSA) is 65.2 Å². The Hall–Kier alpha value is -3.80. The van der Waals surface area contributed by atoms with Gasteiger partial charge in [-0.25, -0.2) is 4.39 Å². The summed E-state index contributed by atoms with van der Waals surface area (Å²) in [6, 6.07) is 23.5. The van der Waals surface area contributed by atoms with Crippen molar-refractivity contribution in [3.63, 3.8) is 0 Å². The van der Waals surface area contributed by atoms with Crippen molar-refractivity contribution in [2.45, 2.75) is 19.4 Å². The Morgan fingerprint density at radius 3 is 2.23 bits per heavy atom. The predicted molar refractivity (Wildman–Crippen MR) is 110 cm³/mol.